The predicted molar refractivity (Wildman–Crippen MR) is 54.9 cm³/mol. The number of hydrogen-bond donors (Lipinski definition) is 1. The Balaban J connectivity index is 2.74. The molecule has 1 aromatic rings. The summed E-state index contributed by atoms with van der Waals surface area (Å²) >= 11 is 4.59. The third-order valence-electron chi connectivity index (χ3n) is 1.39. The van der Waals surface area contributed by atoms with Gasteiger partial charge >= 0.3 is 5.97 Å². The van der Waals surface area contributed by atoms with E-state index in [4.69, 9.17) is 5.11 Å². The van der Waals surface area contributed by atoms with E-state index in [0.29, 0.717) is 0 Å². The van der Waals surface area contributed by atoms with Crippen molar-refractivity contribution in [3.05, 3.63) is 22.9 Å². The molecular weight excluding hydrogens is 254 g/mol. The maximum absolute atomic E-state index is 10.6. The van der Waals surface area contributed by atoms with E-state index in [2.05, 4.69) is 20.9 Å². The van der Waals surface area contributed by atoms with Crippen LogP contribution in [0.5, 0.6) is 0 Å². The largest absolute Gasteiger partial charge is 0.480 e. The first kappa shape index (κ1) is 10.5. The Morgan fingerprint density at radius 3 is 3.00 bits per heavy atom. The minimum absolute atomic E-state index is 0.446. The minimum atomic E-state index is -0.811. The third-order valence-corrected chi connectivity index (χ3v) is 3.45. The lowest BCUT2D eigenvalue weighted by Crippen LogP contribution is -2.11. The van der Waals surface area contributed by atoms with Crippen LogP contribution in [0, 0.1) is 0 Å². The highest BCUT2D eigenvalue weighted by Crippen LogP contribution is 2.29. The molecular formula is C8H8BrNO2S. The van der Waals surface area contributed by atoms with E-state index in [1.54, 1.807) is 25.4 Å². The van der Waals surface area contributed by atoms with Gasteiger partial charge < -0.3 is 5.11 Å². The molecule has 70 valence electrons. The van der Waals surface area contributed by atoms with Crippen LogP contribution in [0.2, 0.25) is 0 Å². The van der Waals surface area contributed by atoms with E-state index in [0.717, 1.165) is 9.37 Å². The fraction of sp³-hybridized carbons (Fsp3) is 0.250. The molecule has 1 aromatic heterocycles. The first-order valence-corrected chi connectivity index (χ1v) is 5.27. The Labute approximate surface area is 88.7 Å². The highest BCUT2D eigenvalue weighted by Gasteiger charge is 2.13. The van der Waals surface area contributed by atoms with Crippen LogP contribution in [-0.2, 0) is 4.79 Å². The van der Waals surface area contributed by atoms with Crippen LogP contribution in [0.4, 0.5) is 0 Å². The van der Waals surface area contributed by atoms with Crippen LogP contribution in [-0.4, -0.2) is 21.3 Å². The molecule has 1 unspecified atom stereocenters. The van der Waals surface area contributed by atoms with Crippen LogP contribution >= 0.6 is 27.7 Å². The van der Waals surface area contributed by atoms with Crippen molar-refractivity contribution in [2.24, 2.45) is 0 Å². The zero-order valence-electron chi connectivity index (χ0n) is 6.90. The molecule has 0 aliphatic heterocycles. The summed E-state index contributed by atoms with van der Waals surface area (Å²) in [6.45, 7) is 1.65. The molecule has 3 nitrogen and oxygen atoms in total. The van der Waals surface area contributed by atoms with Crippen LogP contribution in [0.1, 0.15) is 6.92 Å². The average molecular weight is 262 g/mol. The number of halogens is 1. The lowest BCUT2D eigenvalue weighted by atomic mass is 10.5. The van der Waals surface area contributed by atoms with E-state index in [-0.39, 0.29) is 0 Å². The molecule has 1 atom stereocenters. The van der Waals surface area contributed by atoms with Gasteiger partial charge in [-0.2, -0.15) is 0 Å². The van der Waals surface area contributed by atoms with E-state index < -0.39 is 11.2 Å². The fourth-order valence-corrected chi connectivity index (χ4v) is 2.02. The second-order valence-corrected chi connectivity index (χ2v) is 4.64. The lowest BCUT2D eigenvalue weighted by molar-refractivity contribution is -0.136. The Morgan fingerprint density at radius 2 is 2.46 bits per heavy atom. The summed E-state index contributed by atoms with van der Waals surface area (Å²) in [4.78, 5) is 15.3. The van der Waals surface area contributed by atoms with E-state index in [1.165, 1.54) is 11.8 Å². The zero-order valence-corrected chi connectivity index (χ0v) is 9.30. The Kier molecular flexibility index (Phi) is 3.74. The van der Waals surface area contributed by atoms with Crippen molar-refractivity contribution in [1.29, 1.82) is 0 Å². The summed E-state index contributed by atoms with van der Waals surface area (Å²) < 4.78 is 0.827. The van der Waals surface area contributed by atoms with Crippen molar-refractivity contribution >= 4 is 33.7 Å². The first-order chi connectivity index (χ1) is 6.11. The van der Waals surface area contributed by atoms with Crippen LogP contribution in [0.15, 0.2) is 27.8 Å². The third kappa shape index (κ3) is 3.00. The summed E-state index contributed by atoms with van der Waals surface area (Å²) in [5.74, 6) is -0.811. The highest BCUT2D eigenvalue weighted by atomic mass is 79.9. The number of rotatable bonds is 3. The lowest BCUT2D eigenvalue weighted by Gasteiger charge is -2.06. The van der Waals surface area contributed by atoms with Crippen LogP contribution < -0.4 is 0 Å². The molecule has 0 fully saturated rings. The summed E-state index contributed by atoms with van der Waals surface area (Å²) in [7, 11) is 0. The van der Waals surface area contributed by atoms with Crippen LogP contribution in [0.3, 0.4) is 0 Å². The maximum atomic E-state index is 10.6. The second kappa shape index (κ2) is 4.62. The smallest absolute Gasteiger partial charge is 0.316 e. The van der Waals surface area contributed by atoms with Crippen molar-refractivity contribution in [2.75, 3.05) is 0 Å². The van der Waals surface area contributed by atoms with Gasteiger partial charge in [-0.1, -0.05) is 0 Å². The number of pyridine rings is 1. The van der Waals surface area contributed by atoms with Gasteiger partial charge in [0.1, 0.15) is 5.25 Å². The molecule has 0 aliphatic carbocycles. The van der Waals surface area contributed by atoms with E-state index in [1.807, 2.05) is 0 Å². The highest BCUT2D eigenvalue weighted by molar-refractivity contribution is 9.10. The molecule has 0 aliphatic rings. The molecule has 0 aromatic carbocycles. The Hall–Kier alpha value is -0.550. The number of aliphatic carboxylic acids is 1. The summed E-state index contributed by atoms with van der Waals surface area (Å²) in [6.07, 6.45) is 3.29. The Morgan fingerprint density at radius 1 is 1.77 bits per heavy atom. The van der Waals surface area contributed by atoms with Gasteiger partial charge in [-0.05, 0) is 28.9 Å². The van der Waals surface area contributed by atoms with Crippen molar-refractivity contribution < 1.29 is 9.90 Å². The number of carboxylic acids is 1. The Bertz CT molecular complexity index is 319. The van der Waals surface area contributed by atoms with Crippen molar-refractivity contribution in [3.8, 4) is 0 Å². The zero-order chi connectivity index (χ0) is 9.84. The van der Waals surface area contributed by atoms with Gasteiger partial charge in [0.2, 0.25) is 0 Å². The van der Waals surface area contributed by atoms with Gasteiger partial charge in [0, 0.05) is 21.8 Å². The molecule has 1 N–H and O–H groups in total. The van der Waals surface area contributed by atoms with E-state index >= 15 is 0 Å². The summed E-state index contributed by atoms with van der Waals surface area (Å²) in [5.41, 5.74) is 0. The molecule has 1 heterocycles. The summed E-state index contributed by atoms with van der Waals surface area (Å²) in [5, 5.41) is 8.24. The average Bonchev–Trinajstić information content (AvgIpc) is 2.08. The number of nitrogens with zero attached hydrogens (tertiary/aromatic N) is 1. The molecule has 1 rings (SSSR count). The fourth-order valence-electron chi connectivity index (χ4n) is 0.699. The van der Waals surface area contributed by atoms with Crippen LogP contribution in [0.25, 0.3) is 0 Å². The van der Waals surface area contributed by atoms with E-state index in [9.17, 15) is 4.79 Å². The van der Waals surface area contributed by atoms with Gasteiger partial charge in [-0.3, -0.25) is 9.78 Å². The molecule has 0 radical (unpaired) electrons. The maximum Gasteiger partial charge on any atom is 0.316 e. The van der Waals surface area contributed by atoms with Crippen molar-refractivity contribution in [3.63, 3.8) is 0 Å². The van der Waals surface area contributed by atoms with Gasteiger partial charge in [0.05, 0.1) is 0 Å². The van der Waals surface area contributed by atoms with Gasteiger partial charge in [0.25, 0.3) is 0 Å². The molecule has 0 spiro atoms. The SMILES string of the molecule is CC(Sc1ccncc1Br)C(=O)O. The molecule has 0 saturated carbocycles. The normalized spacial score (nSPS) is 12.5. The molecule has 0 saturated heterocycles. The number of aromatic nitrogens is 1. The first-order valence-electron chi connectivity index (χ1n) is 3.60. The molecule has 13 heavy (non-hydrogen) atoms. The topological polar surface area (TPSA) is 50.2 Å². The van der Waals surface area contributed by atoms with Gasteiger partial charge in [-0.25, -0.2) is 0 Å². The molecule has 5 heteroatoms. The second-order valence-electron chi connectivity index (χ2n) is 2.40. The molecule has 0 bridgehead atoms. The standard InChI is InChI=1S/C8H8BrNO2S/c1-5(8(11)12)13-7-2-3-10-4-6(7)9/h2-5H,1H3,(H,11,12). The summed E-state index contributed by atoms with van der Waals surface area (Å²) in [6, 6.07) is 1.79. The number of carboxylic acid groups (broad SMARTS) is 1. The monoisotopic (exact) mass is 261 g/mol. The number of hydrogen-bond acceptors (Lipinski definition) is 3. The quantitative estimate of drug-likeness (QED) is 0.850. The molecule has 0 amide bonds. The number of carbonyl (C=O) groups is 1. The predicted octanol–water partition coefficient (Wildman–Crippen LogP) is 2.41. The van der Waals surface area contributed by atoms with Crippen molar-refractivity contribution in [2.45, 2.75) is 17.1 Å². The van der Waals surface area contributed by atoms with Gasteiger partial charge in [-0.15, -0.1) is 11.8 Å². The van der Waals surface area contributed by atoms with Crippen molar-refractivity contribution in [1.82, 2.24) is 4.98 Å². The van der Waals surface area contributed by atoms with Gasteiger partial charge in [0.15, 0.2) is 0 Å². The minimum Gasteiger partial charge on any atom is -0.480 e. The number of thioether (sulfide) groups is 1.